The smallest absolute Gasteiger partial charge is 0.224 e. The van der Waals surface area contributed by atoms with E-state index in [1.165, 1.54) is 0 Å². The fourth-order valence-corrected chi connectivity index (χ4v) is 2.36. The zero-order valence-electron chi connectivity index (χ0n) is 10.8. The summed E-state index contributed by atoms with van der Waals surface area (Å²) in [5, 5.41) is 7.77. The molecule has 0 radical (unpaired) electrons. The number of nitrogens with two attached hydrogens (primary N) is 1. The van der Waals surface area contributed by atoms with Gasteiger partial charge in [0.25, 0.3) is 0 Å². The van der Waals surface area contributed by atoms with Gasteiger partial charge in [0.1, 0.15) is 0 Å². The molecule has 1 amide bonds. The van der Waals surface area contributed by atoms with E-state index in [2.05, 4.69) is 10.3 Å². The van der Waals surface area contributed by atoms with Crippen LogP contribution in [0.15, 0.2) is 12.4 Å². The Morgan fingerprint density at radius 3 is 2.78 bits per heavy atom. The summed E-state index contributed by atoms with van der Waals surface area (Å²) < 4.78 is 1.87. The third kappa shape index (κ3) is 3.53. The van der Waals surface area contributed by atoms with Crippen LogP contribution in [0.2, 0.25) is 0 Å². The maximum absolute atomic E-state index is 11.9. The number of hydrogen-bond acceptors (Lipinski definition) is 4. The largest absolute Gasteiger partial charge is 0.343 e. The van der Waals surface area contributed by atoms with E-state index in [1.54, 1.807) is 6.20 Å². The van der Waals surface area contributed by atoms with Crippen LogP contribution in [-0.4, -0.2) is 44.9 Å². The van der Waals surface area contributed by atoms with Gasteiger partial charge in [-0.1, -0.05) is 5.21 Å². The Hall–Kier alpha value is -1.43. The van der Waals surface area contributed by atoms with Crippen molar-refractivity contribution in [3.8, 4) is 0 Å². The Kier molecular flexibility index (Phi) is 4.30. The van der Waals surface area contributed by atoms with Gasteiger partial charge in [0.15, 0.2) is 0 Å². The maximum atomic E-state index is 11.9. The van der Waals surface area contributed by atoms with E-state index < -0.39 is 0 Å². The Morgan fingerprint density at radius 2 is 2.22 bits per heavy atom. The van der Waals surface area contributed by atoms with E-state index in [0.717, 1.165) is 32.5 Å². The van der Waals surface area contributed by atoms with Crippen LogP contribution < -0.4 is 5.73 Å². The molecular weight excluding hydrogens is 230 g/mol. The SMILES string of the molecule is CC(N)CC(=O)N1CCC(Cn2ccnn2)CC1. The first kappa shape index (κ1) is 13.0. The van der Waals surface area contributed by atoms with E-state index in [9.17, 15) is 4.79 Å². The minimum Gasteiger partial charge on any atom is -0.343 e. The van der Waals surface area contributed by atoms with Crippen LogP contribution >= 0.6 is 0 Å². The molecule has 100 valence electrons. The second-order valence-corrected chi connectivity index (χ2v) is 5.13. The Labute approximate surface area is 107 Å². The van der Waals surface area contributed by atoms with Crippen molar-refractivity contribution in [1.29, 1.82) is 0 Å². The number of piperidine rings is 1. The molecule has 0 aromatic carbocycles. The first-order valence-electron chi connectivity index (χ1n) is 6.52. The van der Waals surface area contributed by atoms with Gasteiger partial charge >= 0.3 is 0 Å². The van der Waals surface area contributed by atoms with Crippen LogP contribution in [0.4, 0.5) is 0 Å². The van der Waals surface area contributed by atoms with E-state index in [0.29, 0.717) is 12.3 Å². The second kappa shape index (κ2) is 5.95. The van der Waals surface area contributed by atoms with Crippen LogP contribution in [0.1, 0.15) is 26.2 Å². The van der Waals surface area contributed by atoms with Crippen molar-refractivity contribution in [2.45, 2.75) is 38.8 Å². The van der Waals surface area contributed by atoms with Gasteiger partial charge in [0.05, 0.1) is 6.20 Å². The average molecular weight is 251 g/mol. The van der Waals surface area contributed by atoms with E-state index in [4.69, 9.17) is 5.73 Å². The molecule has 0 saturated carbocycles. The lowest BCUT2D eigenvalue weighted by atomic mass is 9.96. The number of amides is 1. The maximum Gasteiger partial charge on any atom is 0.224 e. The van der Waals surface area contributed by atoms with Crippen LogP contribution in [0.25, 0.3) is 0 Å². The zero-order chi connectivity index (χ0) is 13.0. The van der Waals surface area contributed by atoms with E-state index in [1.807, 2.05) is 22.7 Å². The summed E-state index contributed by atoms with van der Waals surface area (Å²) in [4.78, 5) is 13.8. The average Bonchev–Trinajstić information content (AvgIpc) is 2.82. The minimum absolute atomic E-state index is 0.0506. The summed E-state index contributed by atoms with van der Waals surface area (Å²) in [6.45, 7) is 4.44. The summed E-state index contributed by atoms with van der Waals surface area (Å²) in [6.07, 6.45) is 6.10. The quantitative estimate of drug-likeness (QED) is 0.832. The molecule has 0 aliphatic carbocycles. The van der Waals surface area contributed by atoms with E-state index in [-0.39, 0.29) is 11.9 Å². The highest BCUT2D eigenvalue weighted by atomic mass is 16.2. The minimum atomic E-state index is -0.0506. The summed E-state index contributed by atoms with van der Waals surface area (Å²) in [6, 6.07) is -0.0506. The zero-order valence-corrected chi connectivity index (χ0v) is 10.8. The normalized spacial score (nSPS) is 18.9. The number of aromatic nitrogens is 3. The molecule has 18 heavy (non-hydrogen) atoms. The van der Waals surface area contributed by atoms with Gasteiger partial charge in [0, 0.05) is 38.3 Å². The predicted molar refractivity (Wildman–Crippen MR) is 67.6 cm³/mol. The van der Waals surface area contributed by atoms with Gasteiger partial charge in [0.2, 0.25) is 5.91 Å². The summed E-state index contributed by atoms with van der Waals surface area (Å²) in [5.74, 6) is 0.773. The molecule has 1 aliphatic heterocycles. The number of nitrogens with zero attached hydrogens (tertiary/aromatic N) is 4. The van der Waals surface area contributed by atoms with Crippen molar-refractivity contribution in [2.24, 2.45) is 11.7 Å². The molecule has 6 heteroatoms. The molecule has 1 aromatic heterocycles. The molecule has 2 rings (SSSR count). The van der Waals surface area contributed by atoms with Crippen LogP contribution in [0, 0.1) is 5.92 Å². The number of carbonyl (C=O) groups is 1. The first-order chi connectivity index (χ1) is 8.65. The summed E-state index contributed by atoms with van der Waals surface area (Å²) >= 11 is 0. The van der Waals surface area contributed by atoms with Crippen molar-refractivity contribution in [1.82, 2.24) is 19.9 Å². The van der Waals surface area contributed by atoms with Crippen molar-refractivity contribution in [2.75, 3.05) is 13.1 Å². The molecule has 1 fully saturated rings. The van der Waals surface area contributed by atoms with Crippen LogP contribution in [0.5, 0.6) is 0 Å². The first-order valence-corrected chi connectivity index (χ1v) is 6.52. The molecule has 0 bridgehead atoms. The lowest BCUT2D eigenvalue weighted by Gasteiger charge is -2.32. The van der Waals surface area contributed by atoms with Crippen LogP contribution in [-0.2, 0) is 11.3 Å². The highest BCUT2D eigenvalue weighted by Gasteiger charge is 2.23. The highest BCUT2D eigenvalue weighted by Crippen LogP contribution is 2.19. The fraction of sp³-hybridized carbons (Fsp3) is 0.750. The third-order valence-corrected chi connectivity index (χ3v) is 3.38. The van der Waals surface area contributed by atoms with Gasteiger partial charge in [-0.3, -0.25) is 9.48 Å². The van der Waals surface area contributed by atoms with Crippen molar-refractivity contribution in [3.05, 3.63) is 12.4 Å². The molecule has 1 saturated heterocycles. The van der Waals surface area contributed by atoms with Gasteiger partial charge in [-0.15, -0.1) is 5.10 Å². The molecule has 6 nitrogen and oxygen atoms in total. The topological polar surface area (TPSA) is 77.0 Å². The summed E-state index contributed by atoms with van der Waals surface area (Å²) in [5.41, 5.74) is 5.65. The predicted octanol–water partition coefficient (Wildman–Crippen LogP) is 0.254. The van der Waals surface area contributed by atoms with Crippen molar-refractivity contribution >= 4 is 5.91 Å². The molecule has 2 heterocycles. The molecule has 0 spiro atoms. The highest BCUT2D eigenvalue weighted by molar-refractivity contribution is 5.76. The standard InChI is InChI=1S/C12H21N5O/c1-10(13)8-12(18)16-5-2-11(3-6-16)9-17-7-4-14-15-17/h4,7,10-11H,2-3,5-6,8-9,13H2,1H3. The Bertz CT molecular complexity index is 368. The van der Waals surface area contributed by atoms with Crippen molar-refractivity contribution < 1.29 is 4.79 Å². The lowest BCUT2D eigenvalue weighted by molar-refractivity contribution is -0.132. The second-order valence-electron chi connectivity index (χ2n) is 5.13. The van der Waals surface area contributed by atoms with Gasteiger partial charge in [-0.25, -0.2) is 0 Å². The monoisotopic (exact) mass is 251 g/mol. The number of hydrogen-bond donors (Lipinski definition) is 1. The number of likely N-dealkylation sites (tertiary alicyclic amines) is 1. The molecule has 1 unspecified atom stereocenters. The Morgan fingerprint density at radius 1 is 1.50 bits per heavy atom. The Balaban J connectivity index is 1.76. The molecule has 1 atom stereocenters. The van der Waals surface area contributed by atoms with Gasteiger partial charge in [-0.2, -0.15) is 0 Å². The molecule has 2 N–H and O–H groups in total. The summed E-state index contributed by atoms with van der Waals surface area (Å²) in [7, 11) is 0. The van der Waals surface area contributed by atoms with Gasteiger partial charge in [-0.05, 0) is 25.7 Å². The lowest BCUT2D eigenvalue weighted by Crippen LogP contribution is -2.41. The van der Waals surface area contributed by atoms with E-state index >= 15 is 0 Å². The molecular formula is C12H21N5O. The van der Waals surface area contributed by atoms with Crippen molar-refractivity contribution in [3.63, 3.8) is 0 Å². The fourth-order valence-electron chi connectivity index (χ4n) is 2.36. The molecule has 1 aromatic rings. The number of carbonyl (C=O) groups excluding carboxylic acids is 1. The third-order valence-electron chi connectivity index (χ3n) is 3.38. The number of rotatable bonds is 4. The van der Waals surface area contributed by atoms with Gasteiger partial charge < -0.3 is 10.6 Å². The van der Waals surface area contributed by atoms with Crippen LogP contribution in [0.3, 0.4) is 0 Å². The molecule has 1 aliphatic rings.